The van der Waals surface area contributed by atoms with Gasteiger partial charge < -0.3 is 10.1 Å². The molecule has 0 radical (unpaired) electrons. The number of hydrogen-bond donors (Lipinski definition) is 1. The number of ether oxygens (including phenoxy) is 1. The fraction of sp³-hybridized carbons (Fsp3) is 0.625. The van der Waals surface area contributed by atoms with Crippen molar-refractivity contribution in [3.05, 3.63) is 35.6 Å². The number of nitrogens with one attached hydrogen (secondary N) is 1. The van der Waals surface area contributed by atoms with Crippen molar-refractivity contribution < 1.29 is 9.13 Å². The summed E-state index contributed by atoms with van der Waals surface area (Å²) in [5, 5.41) is 3.43. The summed E-state index contributed by atoms with van der Waals surface area (Å²) < 4.78 is 19.2. The van der Waals surface area contributed by atoms with E-state index in [2.05, 4.69) is 12.2 Å². The molecule has 2 unspecified atom stereocenters. The van der Waals surface area contributed by atoms with Crippen molar-refractivity contribution >= 4 is 0 Å². The van der Waals surface area contributed by atoms with Crippen molar-refractivity contribution in [3.8, 4) is 0 Å². The van der Waals surface area contributed by atoms with Gasteiger partial charge in [0.05, 0.1) is 6.61 Å². The van der Waals surface area contributed by atoms with E-state index in [9.17, 15) is 4.39 Å². The normalized spacial score (nSPS) is 26.8. The minimum absolute atomic E-state index is 0.0565. The minimum Gasteiger partial charge on any atom is -0.383 e. The van der Waals surface area contributed by atoms with Crippen LogP contribution < -0.4 is 5.32 Å². The van der Waals surface area contributed by atoms with Gasteiger partial charge in [-0.15, -0.1) is 0 Å². The van der Waals surface area contributed by atoms with E-state index in [0.717, 1.165) is 25.1 Å². The monoisotopic (exact) mass is 265 g/mol. The van der Waals surface area contributed by atoms with Gasteiger partial charge in [-0.2, -0.15) is 0 Å². The van der Waals surface area contributed by atoms with Gasteiger partial charge in [-0.3, -0.25) is 0 Å². The minimum atomic E-state index is -0.0650. The topological polar surface area (TPSA) is 21.3 Å². The highest BCUT2D eigenvalue weighted by atomic mass is 19.1. The maximum Gasteiger partial charge on any atom is 0.127 e. The second-order valence-corrected chi connectivity index (χ2v) is 5.60. The Morgan fingerprint density at radius 3 is 2.84 bits per heavy atom. The Morgan fingerprint density at radius 2 is 2.21 bits per heavy atom. The Hall–Kier alpha value is -0.930. The first-order valence-electron chi connectivity index (χ1n) is 7.15. The Balaban J connectivity index is 2.18. The van der Waals surface area contributed by atoms with Crippen LogP contribution in [0.4, 0.5) is 4.39 Å². The fourth-order valence-corrected chi connectivity index (χ4v) is 3.36. The first-order valence-corrected chi connectivity index (χ1v) is 7.15. The van der Waals surface area contributed by atoms with E-state index in [1.165, 1.54) is 12.8 Å². The van der Waals surface area contributed by atoms with E-state index in [-0.39, 0.29) is 11.2 Å². The molecule has 0 bridgehead atoms. The molecule has 0 aromatic heterocycles. The molecule has 2 atom stereocenters. The van der Waals surface area contributed by atoms with E-state index in [1.54, 1.807) is 19.2 Å². The van der Waals surface area contributed by atoms with Crippen molar-refractivity contribution in [2.75, 3.05) is 26.8 Å². The third kappa shape index (κ3) is 2.98. The van der Waals surface area contributed by atoms with Crippen LogP contribution in [-0.4, -0.2) is 26.8 Å². The first kappa shape index (κ1) is 14.5. The molecule has 1 aliphatic rings. The first-order chi connectivity index (χ1) is 9.20. The molecule has 0 amide bonds. The Morgan fingerprint density at radius 1 is 1.42 bits per heavy atom. The van der Waals surface area contributed by atoms with Crippen molar-refractivity contribution in [2.24, 2.45) is 5.92 Å². The van der Waals surface area contributed by atoms with Crippen LogP contribution in [0.25, 0.3) is 0 Å². The zero-order valence-electron chi connectivity index (χ0n) is 11.9. The van der Waals surface area contributed by atoms with Crippen LogP contribution >= 0.6 is 0 Å². The van der Waals surface area contributed by atoms with Crippen LogP contribution in [0.3, 0.4) is 0 Å². The van der Waals surface area contributed by atoms with E-state index in [4.69, 9.17) is 4.74 Å². The molecule has 3 heteroatoms. The Labute approximate surface area is 115 Å². The molecule has 19 heavy (non-hydrogen) atoms. The summed E-state index contributed by atoms with van der Waals surface area (Å²) in [7, 11) is 1.70. The lowest BCUT2D eigenvalue weighted by molar-refractivity contribution is 0.193. The van der Waals surface area contributed by atoms with E-state index >= 15 is 0 Å². The molecule has 1 aromatic rings. The van der Waals surface area contributed by atoms with Crippen molar-refractivity contribution in [1.29, 1.82) is 0 Å². The van der Waals surface area contributed by atoms with Crippen LogP contribution in [-0.2, 0) is 10.2 Å². The Bertz CT molecular complexity index is 409. The molecule has 1 N–H and O–H groups in total. The van der Waals surface area contributed by atoms with Crippen LogP contribution in [0.15, 0.2) is 24.3 Å². The molecule has 1 aliphatic carbocycles. The third-order valence-corrected chi connectivity index (χ3v) is 4.54. The molecule has 0 heterocycles. The number of halogens is 1. The van der Waals surface area contributed by atoms with E-state index in [0.29, 0.717) is 12.5 Å². The molecule has 2 nitrogen and oxygen atoms in total. The maximum absolute atomic E-state index is 14.2. The fourth-order valence-electron chi connectivity index (χ4n) is 3.36. The average molecular weight is 265 g/mol. The summed E-state index contributed by atoms with van der Waals surface area (Å²) in [5.41, 5.74) is 0.823. The molecule has 0 aliphatic heterocycles. The van der Waals surface area contributed by atoms with E-state index < -0.39 is 0 Å². The largest absolute Gasteiger partial charge is 0.383 e. The van der Waals surface area contributed by atoms with Gasteiger partial charge in [-0.25, -0.2) is 4.39 Å². The van der Waals surface area contributed by atoms with Crippen molar-refractivity contribution in [1.82, 2.24) is 5.32 Å². The molecule has 1 fully saturated rings. The number of benzene rings is 1. The SMILES string of the molecule is COCCNCC1(c2ccccc2F)CCCC1C. The highest BCUT2D eigenvalue weighted by Gasteiger charge is 2.42. The van der Waals surface area contributed by atoms with E-state index in [1.807, 2.05) is 12.1 Å². The van der Waals surface area contributed by atoms with Gasteiger partial charge in [0.2, 0.25) is 0 Å². The van der Waals surface area contributed by atoms with Crippen LogP contribution in [0, 0.1) is 11.7 Å². The van der Waals surface area contributed by atoms with Crippen molar-refractivity contribution in [2.45, 2.75) is 31.6 Å². The zero-order valence-corrected chi connectivity index (χ0v) is 11.9. The lowest BCUT2D eigenvalue weighted by Gasteiger charge is -2.35. The summed E-state index contributed by atoms with van der Waals surface area (Å²) in [5.74, 6) is 0.448. The van der Waals surface area contributed by atoms with Crippen LogP contribution in [0.5, 0.6) is 0 Å². The second-order valence-electron chi connectivity index (χ2n) is 5.60. The third-order valence-electron chi connectivity index (χ3n) is 4.54. The van der Waals surface area contributed by atoms with Crippen molar-refractivity contribution in [3.63, 3.8) is 0 Å². The molecular formula is C16H24FNO. The molecule has 106 valence electrons. The highest BCUT2D eigenvalue weighted by Crippen LogP contribution is 2.45. The smallest absolute Gasteiger partial charge is 0.127 e. The molecule has 2 rings (SSSR count). The average Bonchev–Trinajstić information content (AvgIpc) is 2.78. The highest BCUT2D eigenvalue weighted by molar-refractivity contribution is 5.30. The lowest BCUT2D eigenvalue weighted by Crippen LogP contribution is -2.42. The van der Waals surface area contributed by atoms with Crippen LogP contribution in [0.2, 0.25) is 0 Å². The van der Waals surface area contributed by atoms with Gasteiger partial charge in [-0.1, -0.05) is 31.5 Å². The number of rotatable bonds is 6. The number of methoxy groups -OCH3 is 1. The van der Waals surface area contributed by atoms with Gasteiger partial charge >= 0.3 is 0 Å². The molecule has 0 spiro atoms. The van der Waals surface area contributed by atoms with Gasteiger partial charge in [0, 0.05) is 25.6 Å². The molecule has 1 aromatic carbocycles. The summed E-state index contributed by atoms with van der Waals surface area (Å²) in [4.78, 5) is 0. The predicted molar refractivity (Wildman–Crippen MR) is 75.8 cm³/mol. The Kier molecular flexibility index (Phi) is 4.94. The summed E-state index contributed by atoms with van der Waals surface area (Å²) in [6.07, 6.45) is 3.43. The van der Waals surface area contributed by atoms with Gasteiger partial charge in [0.25, 0.3) is 0 Å². The lowest BCUT2D eigenvalue weighted by atomic mass is 9.72. The summed E-state index contributed by atoms with van der Waals surface area (Å²) >= 11 is 0. The summed E-state index contributed by atoms with van der Waals surface area (Å²) in [6.45, 7) is 4.59. The van der Waals surface area contributed by atoms with Gasteiger partial charge in [0.15, 0.2) is 0 Å². The predicted octanol–water partition coefficient (Wildman–Crippen LogP) is 3.12. The standard InChI is InChI=1S/C16H24FNO/c1-13-6-5-9-16(13,12-18-10-11-19-2)14-7-3-4-8-15(14)17/h3-4,7-8,13,18H,5-6,9-12H2,1-2H3. The zero-order chi connectivity index (χ0) is 13.7. The van der Waals surface area contributed by atoms with Gasteiger partial charge in [-0.05, 0) is 30.4 Å². The van der Waals surface area contributed by atoms with Gasteiger partial charge in [0.1, 0.15) is 5.82 Å². The molecule has 0 saturated heterocycles. The maximum atomic E-state index is 14.2. The second kappa shape index (κ2) is 6.49. The number of hydrogen-bond acceptors (Lipinski definition) is 2. The van der Waals surface area contributed by atoms with Crippen LogP contribution in [0.1, 0.15) is 31.7 Å². The molecular weight excluding hydrogens is 241 g/mol. The quantitative estimate of drug-likeness (QED) is 0.798. The summed E-state index contributed by atoms with van der Waals surface area (Å²) in [6, 6.07) is 7.25. The molecule has 1 saturated carbocycles.